The van der Waals surface area contributed by atoms with E-state index in [4.69, 9.17) is 0 Å². The van der Waals surface area contributed by atoms with Crippen LogP contribution in [0.25, 0.3) is 0 Å². The van der Waals surface area contributed by atoms with Crippen LogP contribution in [0.15, 0.2) is 23.8 Å². The molecule has 0 aliphatic carbocycles. The van der Waals surface area contributed by atoms with Gasteiger partial charge in [-0.25, -0.2) is 4.98 Å². The highest BCUT2D eigenvalue weighted by atomic mass is 32.1. The average Bonchev–Trinajstić information content (AvgIpc) is 2.79. The molecule has 2 rings (SSSR count). The second-order valence-corrected chi connectivity index (χ2v) is 5.81. The minimum atomic E-state index is -0.166. The standard InChI is InChI=1S/C14H17N3OS/c1-9(2)6-13-16-12(8-19-13)14(18)17-11-4-5-15-7-10(11)3/h4-5,7-9H,6H2,1-3H3,(H,15,17,18). The van der Waals surface area contributed by atoms with E-state index < -0.39 is 0 Å². The van der Waals surface area contributed by atoms with Crippen LogP contribution in [0.5, 0.6) is 0 Å². The van der Waals surface area contributed by atoms with Crippen LogP contribution in [0, 0.1) is 12.8 Å². The Kier molecular flexibility index (Phi) is 4.27. The van der Waals surface area contributed by atoms with E-state index >= 15 is 0 Å². The Balaban J connectivity index is 2.08. The molecule has 0 aliphatic rings. The van der Waals surface area contributed by atoms with Crippen LogP contribution >= 0.6 is 11.3 Å². The van der Waals surface area contributed by atoms with Crippen molar-refractivity contribution in [2.75, 3.05) is 5.32 Å². The molecule has 0 radical (unpaired) electrons. The molecule has 2 heterocycles. The van der Waals surface area contributed by atoms with Gasteiger partial charge in [0.25, 0.3) is 5.91 Å². The third kappa shape index (κ3) is 3.61. The summed E-state index contributed by atoms with van der Waals surface area (Å²) in [5.74, 6) is 0.380. The largest absolute Gasteiger partial charge is 0.320 e. The lowest BCUT2D eigenvalue weighted by molar-refractivity contribution is 0.102. The number of carbonyl (C=O) groups is 1. The lowest BCUT2D eigenvalue weighted by Gasteiger charge is -2.05. The summed E-state index contributed by atoms with van der Waals surface area (Å²) < 4.78 is 0. The molecule has 0 bridgehead atoms. The number of amides is 1. The molecule has 0 saturated carbocycles. The topological polar surface area (TPSA) is 54.9 Å². The first-order valence-electron chi connectivity index (χ1n) is 6.22. The Hall–Kier alpha value is -1.75. The van der Waals surface area contributed by atoms with Crippen LogP contribution in [0.3, 0.4) is 0 Å². The Morgan fingerprint density at radius 2 is 2.26 bits per heavy atom. The third-order valence-corrected chi connectivity index (χ3v) is 3.51. The molecule has 0 atom stereocenters. The number of hydrogen-bond acceptors (Lipinski definition) is 4. The van der Waals surface area contributed by atoms with Gasteiger partial charge in [-0.05, 0) is 24.5 Å². The molecule has 2 aromatic rings. The van der Waals surface area contributed by atoms with E-state index in [0.717, 1.165) is 22.7 Å². The van der Waals surface area contributed by atoms with Gasteiger partial charge in [-0.3, -0.25) is 9.78 Å². The van der Waals surface area contributed by atoms with Crippen LogP contribution in [0.1, 0.15) is 34.9 Å². The van der Waals surface area contributed by atoms with Gasteiger partial charge in [0.05, 0.1) is 5.01 Å². The summed E-state index contributed by atoms with van der Waals surface area (Å²) in [4.78, 5) is 20.4. The summed E-state index contributed by atoms with van der Waals surface area (Å²) >= 11 is 1.54. The molecule has 19 heavy (non-hydrogen) atoms. The maximum absolute atomic E-state index is 12.1. The number of anilines is 1. The van der Waals surface area contributed by atoms with E-state index in [2.05, 4.69) is 29.1 Å². The van der Waals surface area contributed by atoms with Crippen molar-refractivity contribution < 1.29 is 4.79 Å². The van der Waals surface area contributed by atoms with E-state index in [-0.39, 0.29) is 5.91 Å². The zero-order valence-electron chi connectivity index (χ0n) is 11.3. The molecule has 0 aromatic carbocycles. The number of nitrogens with one attached hydrogen (secondary N) is 1. The quantitative estimate of drug-likeness (QED) is 0.931. The number of nitrogens with zero attached hydrogens (tertiary/aromatic N) is 2. The van der Waals surface area contributed by atoms with Gasteiger partial charge in [0.1, 0.15) is 5.69 Å². The molecule has 0 saturated heterocycles. The molecule has 0 aliphatic heterocycles. The second kappa shape index (κ2) is 5.93. The van der Waals surface area contributed by atoms with Gasteiger partial charge in [0, 0.05) is 29.9 Å². The SMILES string of the molecule is Cc1cnccc1NC(=O)c1csc(CC(C)C)n1. The van der Waals surface area contributed by atoms with Gasteiger partial charge < -0.3 is 5.32 Å². The van der Waals surface area contributed by atoms with Crippen LogP contribution in [-0.4, -0.2) is 15.9 Å². The van der Waals surface area contributed by atoms with Gasteiger partial charge >= 0.3 is 0 Å². The molecule has 0 spiro atoms. The molecule has 1 N–H and O–H groups in total. The molecule has 0 fully saturated rings. The van der Waals surface area contributed by atoms with Crippen LogP contribution in [0.2, 0.25) is 0 Å². The second-order valence-electron chi connectivity index (χ2n) is 4.87. The first-order chi connectivity index (χ1) is 9.06. The number of aryl methyl sites for hydroxylation is 1. The fraction of sp³-hybridized carbons (Fsp3) is 0.357. The first kappa shape index (κ1) is 13.7. The minimum Gasteiger partial charge on any atom is -0.320 e. The highest BCUT2D eigenvalue weighted by molar-refractivity contribution is 7.09. The van der Waals surface area contributed by atoms with Gasteiger partial charge in [-0.1, -0.05) is 13.8 Å². The molecule has 2 aromatic heterocycles. The number of hydrogen-bond donors (Lipinski definition) is 1. The Bertz CT molecular complexity index is 578. The lowest BCUT2D eigenvalue weighted by Crippen LogP contribution is -2.13. The van der Waals surface area contributed by atoms with Crippen molar-refractivity contribution in [3.05, 3.63) is 40.1 Å². The van der Waals surface area contributed by atoms with Crippen molar-refractivity contribution >= 4 is 22.9 Å². The first-order valence-corrected chi connectivity index (χ1v) is 7.10. The fourth-order valence-corrected chi connectivity index (χ4v) is 2.65. The average molecular weight is 275 g/mol. The van der Waals surface area contributed by atoms with Crippen molar-refractivity contribution in [1.82, 2.24) is 9.97 Å². The van der Waals surface area contributed by atoms with Crippen LogP contribution in [0.4, 0.5) is 5.69 Å². The van der Waals surface area contributed by atoms with Gasteiger partial charge in [-0.2, -0.15) is 0 Å². The predicted molar refractivity (Wildman–Crippen MR) is 77.6 cm³/mol. The van der Waals surface area contributed by atoms with E-state index in [1.165, 1.54) is 11.3 Å². The zero-order chi connectivity index (χ0) is 13.8. The van der Waals surface area contributed by atoms with E-state index in [1.54, 1.807) is 18.5 Å². The number of thiazole rings is 1. The number of carbonyl (C=O) groups excluding carboxylic acids is 1. The molecule has 4 nitrogen and oxygen atoms in total. The number of aromatic nitrogens is 2. The fourth-order valence-electron chi connectivity index (χ4n) is 1.66. The minimum absolute atomic E-state index is 0.166. The smallest absolute Gasteiger partial charge is 0.275 e. The van der Waals surface area contributed by atoms with E-state index in [0.29, 0.717) is 11.6 Å². The summed E-state index contributed by atoms with van der Waals surface area (Å²) in [6.07, 6.45) is 4.29. The highest BCUT2D eigenvalue weighted by Crippen LogP contribution is 2.17. The van der Waals surface area contributed by atoms with Gasteiger partial charge in [0.15, 0.2) is 0 Å². The van der Waals surface area contributed by atoms with Crippen molar-refractivity contribution in [3.63, 3.8) is 0 Å². The zero-order valence-corrected chi connectivity index (χ0v) is 12.1. The monoisotopic (exact) mass is 275 g/mol. The van der Waals surface area contributed by atoms with Crippen molar-refractivity contribution in [2.24, 2.45) is 5.92 Å². The van der Waals surface area contributed by atoms with Crippen LogP contribution in [-0.2, 0) is 6.42 Å². The maximum Gasteiger partial charge on any atom is 0.275 e. The maximum atomic E-state index is 12.1. The highest BCUT2D eigenvalue weighted by Gasteiger charge is 2.12. The summed E-state index contributed by atoms with van der Waals surface area (Å²) in [5.41, 5.74) is 2.20. The Morgan fingerprint density at radius 3 is 2.95 bits per heavy atom. The third-order valence-electron chi connectivity index (χ3n) is 2.64. The summed E-state index contributed by atoms with van der Waals surface area (Å²) in [6, 6.07) is 1.79. The number of rotatable bonds is 4. The molecular weight excluding hydrogens is 258 g/mol. The normalized spacial score (nSPS) is 10.7. The predicted octanol–water partition coefficient (Wildman–Crippen LogP) is 3.30. The van der Waals surface area contributed by atoms with Crippen molar-refractivity contribution in [3.8, 4) is 0 Å². The van der Waals surface area contributed by atoms with E-state index in [9.17, 15) is 4.79 Å². The van der Waals surface area contributed by atoms with Crippen LogP contribution < -0.4 is 5.32 Å². The van der Waals surface area contributed by atoms with Gasteiger partial charge in [0.2, 0.25) is 0 Å². The van der Waals surface area contributed by atoms with Gasteiger partial charge in [-0.15, -0.1) is 11.3 Å². The number of pyridine rings is 1. The lowest BCUT2D eigenvalue weighted by atomic mass is 10.1. The van der Waals surface area contributed by atoms with Crippen molar-refractivity contribution in [2.45, 2.75) is 27.2 Å². The molecule has 5 heteroatoms. The Labute approximate surface area is 116 Å². The molecule has 1 amide bonds. The van der Waals surface area contributed by atoms with E-state index in [1.807, 2.05) is 12.3 Å². The summed E-state index contributed by atoms with van der Waals surface area (Å²) in [6.45, 7) is 6.19. The van der Waals surface area contributed by atoms with Crippen molar-refractivity contribution in [1.29, 1.82) is 0 Å². The molecule has 100 valence electrons. The Morgan fingerprint density at radius 1 is 1.47 bits per heavy atom. The molecular formula is C14H17N3OS. The summed E-state index contributed by atoms with van der Waals surface area (Å²) in [5, 5.41) is 5.67. The summed E-state index contributed by atoms with van der Waals surface area (Å²) in [7, 11) is 0. The molecule has 0 unspecified atom stereocenters.